The molecule has 3 nitrogen and oxygen atoms in total. The normalized spacial score (nSPS) is 10.1. The van der Waals surface area contributed by atoms with E-state index in [0.717, 1.165) is 6.20 Å². The molecular formula is C9H7ClF2N2O. The number of ether oxygens (including phenoxy) is 1. The first-order valence-electron chi connectivity index (χ1n) is 3.95. The molecule has 80 valence electrons. The van der Waals surface area contributed by atoms with Gasteiger partial charge in [0.15, 0.2) is 5.75 Å². The minimum atomic E-state index is -2.78. The van der Waals surface area contributed by atoms with Gasteiger partial charge in [0.1, 0.15) is 17.3 Å². The summed E-state index contributed by atoms with van der Waals surface area (Å²) in [6, 6.07) is 1.78. The second-order valence-electron chi connectivity index (χ2n) is 2.62. The Balaban J connectivity index is 3.43. The smallest absolute Gasteiger partial charge is 0.284 e. The van der Waals surface area contributed by atoms with E-state index in [1.807, 2.05) is 0 Å². The molecule has 6 heteroatoms. The Kier molecular flexibility index (Phi) is 3.81. The summed E-state index contributed by atoms with van der Waals surface area (Å²) in [6.45, 7) is 0. The molecule has 0 atom stereocenters. The SMILES string of the molecule is COc1c(C(F)F)ncc(CCl)c1C#N. The molecule has 0 aliphatic heterocycles. The van der Waals surface area contributed by atoms with Gasteiger partial charge in [-0.3, -0.25) is 4.98 Å². The fourth-order valence-electron chi connectivity index (χ4n) is 1.13. The van der Waals surface area contributed by atoms with Crippen molar-refractivity contribution >= 4 is 11.6 Å². The first-order valence-corrected chi connectivity index (χ1v) is 4.49. The summed E-state index contributed by atoms with van der Waals surface area (Å²) in [5.74, 6) is -0.180. The largest absolute Gasteiger partial charge is 0.493 e. The van der Waals surface area contributed by atoms with Crippen molar-refractivity contribution in [2.45, 2.75) is 12.3 Å². The number of nitriles is 1. The Bertz CT molecular complexity index is 404. The third-order valence-corrected chi connectivity index (χ3v) is 2.09. The van der Waals surface area contributed by atoms with Crippen LogP contribution in [0, 0.1) is 11.3 Å². The summed E-state index contributed by atoms with van der Waals surface area (Å²) in [5.41, 5.74) is -0.152. The summed E-state index contributed by atoms with van der Waals surface area (Å²) < 4.78 is 29.7. The molecular weight excluding hydrogens is 226 g/mol. The molecule has 0 aliphatic rings. The topological polar surface area (TPSA) is 45.9 Å². The first kappa shape index (κ1) is 11.7. The van der Waals surface area contributed by atoms with Gasteiger partial charge in [-0.2, -0.15) is 5.26 Å². The maximum Gasteiger partial charge on any atom is 0.284 e. The molecule has 0 saturated carbocycles. The van der Waals surface area contributed by atoms with E-state index >= 15 is 0 Å². The number of alkyl halides is 3. The maximum absolute atomic E-state index is 12.5. The molecule has 1 aromatic rings. The van der Waals surface area contributed by atoms with E-state index in [1.54, 1.807) is 6.07 Å². The molecule has 0 aromatic carbocycles. The molecule has 0 spiro atoms. The second-order valence-corrected chi connectivity index (χ2v) is 2.89. The lowest BCUT2D eigenvalue weighted by atomic mass is 10.1. The van der Waals surface area contributed by atoms with Crippen LogP contribution in [0.4, 0.5) is 8.78 Å². The van der Waals surface area contributed by atoms with Gasteiger partial charge >= 0.3 is 0 Å². The molecule has 0 unspecified atom stereocenters. The van der Waals surface area contributed by atoms with E-state index in [2.05, 4.69) is 4.98 Å². The molecule has 15 heavy (non-hydrogen) atoms. The molecule has 1 aromatic heterocycles. The van der Waals surface area contributed by atoms with Gasteiger partial charge in [0.05, 0.1) is 13.0 Å². The zero-order valence-corrected chi connectivity index (χ0v) is 8.55. The van der Waals surface area contributed by atoms with Crippen molar-refractivity contribution in [2.75, 3.05) is 7.11 Å². The Hall–Kier alpha value is -1.41. The van der Waals surface area contributed by atoms with Crippen LogP contribution in [0.2, 0.25) is 0 Å². The highest BCUT2D eigenvalue weighted by molar-refractivity contribution is 6.17. The molecule has 0 bridgehead atoms. The maximum atomic E-state index is 12.5. The van der Waals surface area contributed by atoms with Crippen LogP contribution >= 0.6 is 11.6 Å². The van der Waals surface area contributed by atoms with Gasteiger partial charge in [-0.1, -0.05) is 0 Å². The Labute approximate surface area is 90.3 Å². The van der Waals surface area contributed by atoms with Gasteiger partial charge in [0.25, 0.3) is 6.43 Å². The van der Waals surface area contributed by atoms with Crippen LogP contribution in [0.3, 0.4) is 0 Å². The predicted molar refractivity (Wildman–Crippen MR) is 50.0 cm³/mol. The van der Waals surface area contributed by atoms with Crippen molar-refractivity contribution in [3.05, 3.63) is 23.0 Å². The fraction of sp³-hybridized carbons (Fsp3) is 0.333. The van der Waals surface area contributed by atoms with E-state index in [-0.39, 0.29) is 17.2 Å². The lowest BCUT2D eigenvalue weighted by Crippen LogP contribution is -2.02. The Morgan fingerprint density at radius 3 is 2.73 bits per heavy atom. The number of nitrogens with zero attached hydrogens (tertiary/aromatic N) is 2. The van der Waals surface area contributed by atoms with E-state index in [0.29, 0.717) is 5.56 Å². The monoisotopic (exact) mass is 232 g/mol. The summed E-state index contributed by atoms with van der Waals surface area (Å²) in [5, 5.41) is 8.81. The van der Waals surface area contributed by atoms with E-state index in [1.165, 1.54) is 7.11 Å². The van der Waals surface area contributed by atoms with E-state index < -0.39 is 12.1 Å². The van der Waals surface area contributed by atoms with Crippen LogP contribution < -0.4 is 4.74 Å². The molecule has 0 radical (unpaired) electrons. The van der Waals surface area contributed by atoms with Gasteiger partial charge in [-0.05, 0) is 0 Å². The Morgan fingerprint density at radius 1 is 1.67 bits per heavy atom. The van der Waals surface area contributed by atoms with Crippen LogP contribution in [-0.2, 0) is 5.88 Å². The molecule has 0 N–H and O–H groups in total. The van der Waals surface area contributed by atoms with Gasteiger partial charge < -0.3 is 4.74 Å². The number of aromatic nitrogens is 1. The lowest BCUT2D eigenvalue weighted by Gasteiger charge is -2.10. The van der Waals surface area contributed by atoms with Gasteiger partial charge in [0, 0.05) is 11.8 Å². The summed E-state index contributed by atoms with van der Waals surface area (Å²) in [7, 11) is 1.21. The third kappa shape index (κ3) is 2.16. The summed E-state index contributed by atoms with van der Waals surface area (Å²) in [6.07, 6.45) is -1.62. The highest BCUT2D eigenvalue weighted by Gasteiger charge is 2.21. The Morgan fingerprint density at radius 2 is 2.33 bits per heavy atom. The fourth-order valence-corrected chi connectivity index (χ4v) is 1.33. The van der Waals surface area contributed by atoms with Gasteiger partial charge in [0.2, 0.25) is 0 Å². The molecule has 1 heterocycles. The second kappa shape index (κ2) is 4.89. The zero-order chi connectivity index (χ0) is 11.4. The van der Waals surface area contributed by atoms with Crippen molar-refractivity contribution in [3.63, 3.8) is 0 Å². The third-order valence-electron chi connectivity index (χ3n) is 1.81. The van der Waals surface area contributed by atoms with Crippen LogP contribution in [0.15, 0.2) is 6.20 Å². The standard InChI is InChI=1S/C9H7ClF2N2O/c1-15-8-6(3-13)5(2-10)4-14-7(8)9(11)12/h4,9H,2H2,1H3. The number of halogens is 3. The highest BCUT2D eigenvalue weighted by Crippen LogP contribution is 2.31. The van der Waals surface area contributed by atoms with E-state index in [9.17, 15) is 8.78 Å². The number of hydrogen-bond donors (Lipinski definition) is 0. The van der Waals surface area contributed by atoms with Crippen molar-refractivity contribution in [3.8, 4) is 11.8 Å². The van der Waals surface area contributed by atoms with Crippen LogP contribution in [0.1, 0.15) is 23.2 Å². The van der Waals surface area contributed by atoms with Gasteiger partial charge in [-0.25, -0.2) is 8.78 Å². The molecule has 0 aliphatic carbocycles. The number of rotatable bonds is 3. The van der Waals surface area contributed by atoms with Crippen molar-refractivity contribution in [2.24, 2.45) is 0 Å². The quantitative estimate of drug-likeness (QED) is 0.753. The predicted octanol–water partition coefficient (Wildman–Crippen LogP) is 2.64. The molecule has 1 rings (SSSR count). The number of methoxy groups -OCH3 is 1. The lowest BCUT2D eigenvalue weighted by molar-refractivity contribution is 0.141. The van der Waals surface area contributed by atoms with Crippen molar-refractivity contribution in [1.29, 1.82) is 5.26 Å². The minimum absolute atomic E-state index is 0.0119. The molecule has 0 saturated heterocycles. The molecule has 0 amide bonds. The zero-order valence-electron chi connectivity index (χ0n) is 7.80. The average molecular weight is 233 g/mol. The van der Waals surface area contributed by atoms with Crippen LogP contribution in [0.5, 0.6) is 5.75 Å². The summed E-state index contributed by atoms with van der Waals surface area (Å²) >= 11 is 5.54. The average Bonchev–Trinajstić information content (AvgIpc) is 2.26. The number of hydrogen-bond acceptors (Lipinski definition) is 3. The van der Waals surface area contributed by atoms with Gasteiger partial charge in [-0.15, -0.1) is 11.6 Å². The molecule has 0 fully saturated rings. The van der Waals surface area contributed by atoms with Crippen LogP contribution in [-0.4, -0.2) is 12.1 Å². The van der Waals surface area contributed by atoms with Crippen molar-refractivity contribution in [1.82, 2.24) is 4.98 Å². The minimum Gasteiger partial charge on any atom is -0.493 e. The number of pyridine rings is 1. The van der Waals surface area contributed by atoms with Crippen LogP contribution in [0.25, 0.3) is 0 Å². The van der Waals surface area contributed by atoms with E-state index in [4.69, 9.17) is 21.6 Å². The summed E-state index contributed by atoms with van der Waals surface area (Å²) in [4.78, 5) is 3.52. The van der Waals surface area contributed by atoms with Crippen molar-refractivity contribution < 1.29 is 13.5 Å². The highest BCUT2D eigenvalue weighted by atomic mass is 35.5. The first-order chi connectivity index (χ1) is 7.15.